The Bertz CT molecular complexity index is 134. The molecule has 0 aromatic rings. The summed E-state index contributed by atoms with van der Waals surface area (Å²) in [6.45, 7) is 6.63. The summed E-state index contributed by atoms with van der Waals surface area (Å²) in [5, 5.41) is 0. The van der Waals surface area contributed by atoms with Crippen molar-refractivity contribution in [1.29, 1.82) is 0 Å². The molecule has 0 aliphatic rings. The van der Waals surface area contributed by atoms with Crippen LogP contribution in [0.5, 0.6) is 0 Å². The molecule has 0 bridgehead atoms. The minimum Gasteiger partial charge on any atom is -0.326 e. The number of nitrogens with zero attached hydrogens (tertiary/aromatic N) is 1. The minimum atomic E-state index is 0.362. The topological polar surface area (TPSA) is 38.4 Å². The van der Waals surface area contributed by atoms with E-state index < -0.39 is 0 Å². The van der Waals surface area contributed by atoms with Crippen LogP contribution in [0.4, 0.5) is 0 Å². The number of hydrogen-bond donors (Lipinski definition) is 1. The fraction of sp³-hybridized carbons (Fsp3) is 0.625. The van der Waals surface area contributed by atoms with E-state index in [0.29, 0.717) is 12.6 Å². The molecule has 58 valence electrons. The molecule has 10 heavy (non-hydrogen) atoms. The van der Waals surface area contributed by atoms with Crippen molar-refractivity contribution < 1.29 is 0 Å². The standard InChI is InChI=1S/C8H16N2/c1-4-8(5-9)6-10-7(2)3/h4,6-7H,5,9H2,1-3H3/b8-4-,10-6?. The Balaban J connectivity index is 3.86. The zero-order valence-corrected chi connectivity index (χ0v) is 6.96. The van der Waals surface area contributed by atoms with Gasteiger partial charge < -0.3 is 5.73 Å². The van der Waals surface area contributed by atoms with Crippen molar-refractivity contribution in [3.05, 3.63) is 11.6 Å². The summed E-state index contributed by atoms with van der Waals surface area (Å²) in [6, 6.07) is 0.362. The van der Waals surface area contributed by atoms with Gasteiger partial charge in [-0.05, 0) is 26.3 Å². The predicted molar refractivity (Wildman–Crippen MR) is 46.4 cm³/mol. The predicted octanol–water partition coefficient (Wildman–Crippen LogP) is 1.37. The van der Waals surface area contributed by atoms with Crippen LogP contribution in [0.2, 0.25) is 0 Å². The molecule has 0 spiro atoms. The second kappa shape index (κ2) is 5.18. The minimum absolute atomic E-state index is 0.362. The summed E-state index contributed by atoms with van der Waals surface area (Å²) in [5.74, 6) is 0. The van der Waals surface area contributed by atoms with Gasteiger partial charge in [-0.3, -0.25) is 4.99 Å². The summed E-state index contributed by atoms with van der Waals surface area (Å²) in [5.41, 5.74) is 6.50. The third-order valence-corrected chi connectivity index (χ3v) is 1.14. The van der Waals surface area contributed by atoms with Gasteiger partial charge in [-0.2, -0.15) is 0 Å². The molecule has 0 heterocycles. The Kier molecular flexibility index (Phi) is 4.85. The molecule has 0 amide bonds. The molecule has 0 aliphatic heterocycles. The second-order valence-corrected chi connectivity index (χ2v) is 2.44. The maximum Gasteiger partial charge on any atom is 0.0443 e. The van der Waals surface area contributed by atoms with E-state index in [1.54, 1.807) is 0 Å². The van der Waals surface area contributed by atoms with Gasteiger partial charge in [0.2, 0.25) is 0 Å². The summed E-state index contributed by atoms with van der Waals surface area (Å²) >= 11 is 0. The Labute approximate surface area is 62.8 Å². The highest BCUT2D eigenvalue weighted by molar-refractivity contribution is 5.78. The van der Waals surface area contributed by atoms with E-state index >= 15 is 0 Å². The van der Waals surface area contributed by atoms with Gasteiger partial charge in [-0.1, -0.05) is 6.08 Å². The van der Waals surface area contributed by atoms with E-state index in [0.717, 1.165) is 5.57 Å². The summed E-state index contributed by atoms with van der Waals surface area (Å²) in [4.78, 5) is 4.19. The SMILES string of the molecule is C/C=C(\C=NC(C)C)CN. The molecule has 0 rings (SSSR count). The molecule has 0 fully saturated rings. The highest BCUT2D eigenvalue weighted by Gasteiger charge is 1.87. The molecular weight excluding hydrogens is 124 g/mol. The largest absolute Gasteiger partial charge is 0.326 e. The molecule has 0 saturated heterocycles. The molecular formula is C8H16N2. The summed E-state index contributed by atoms with van der Waals surface area (Å²) in [7, 11) is 0. The van der Waals surface area contributed by atoms with Gasteiger partial charge in [0.15, 0.2) is 0 Å². The van der Waals surface area contributed by atoms with Gasteiger partial charge in [0, 0.05) is 18.8 Å². The summed E-state index contributed by atoms with van der Waals surface area (Å²) in [6.07, 6.45) is 3.82. The molecule has 0 saturated carbocycles. The van der Waals surface area contributed by atoms with E-state index in [2.05, 4.69) is 4.99 Å². The molecule has 0 aromatic heterocycles. The maximum atomic E-state index is 5.41. The fourth-order valence-electron chi connectivity index (χ4n) is 0.490. The average molecular weight is 140 g/mol. The van der Waals surface area contributed by atoms with Gasteiger partial charge in [0.25, 0.3) is 0 Å². The monoisotopic (exact) mass is 140 g/mol. The van der Waals surface area contributed by atoms with E-state index in [1.165, 1.54) is 0 Å². The number of nitrogens with two attached hydrogens (primary N) is 1. The molecule has 0 unspecified atom stereocenters. The van der Waals surface area contributed by atoms with Crippen LogP contribution in [-0.2, 0) is 0 Å². The third-order valence-electron chi connectivity index (χ3n) is 1.14. The normalized spacial score (nSPS) is 13.5. The van der Waals surface area contributed by atoms with Gasteiger partial charge in [-0.15, -0.1) is 0 Å². The van der Waals surface area contributed by atoms with Gasteiger partial charge in [-0.25, -0.2) is 0 Å². The van der Waals surface area contributed by atoms with Crippen molar-refractivity contribution in [1.82, 2.24) is 0 Å². The Morgan fingerprint density at radius 1 is 1.60 bits per heavy atom. The molecule has 0 radical (unpaired) electrons. The van der Waals surface area contributed by atoms with Crippen LogP contribution in [0.15, 0.2) is 16.6 Å². The first kappa shape index (κ1) is 9.37. The van der Waals surface area contributed by atoms with Crippen LogP contribution in [0.25, 0.3) is 0 Å². The van der Waals surface area contributed by atoms with Gasteiger partial charge >= 0.3 is 0 Å². The molecule has 0 atom stereocenters. The first-order valence-corrected chi connectivity index (χ1v) is 3.59. The average Bonchev–Trinajstić information content (AvgIpc) is 1.90. The lowest BCUT2D eigenvalue weighted by molar-refractivity contribution is 0.840. The zero-order chi connectivity index (χ0) is 7.98. The van der Waals surface area contributed by atoms with Crippen LogP contribution in [0.3, 0.4) is 0 Å². The number of aliphatic imine (C=N–C) groups is 1. The Morgan fingerprint density at radius 2 is 2.20 bits per heavy atom. The van der Waals surface area contributed by atoms with Crippen molar-refractivity contribution in [3.8, 4) is 0 Å². The lowest BCUT2D eigenvalue weighted by Gasteiger charge is -1.96. The molecule has 2 N–H and O–H groups in total. The highest BCUT2D eigenvalue weighted by atomic mass is 14.7. The van der Waals surface area contributed by atoms with E-state index in [4.69, 9.17) is 5.73 Å². The van der Waals surface area contributed by atoms with Crippen molar-refractivity contribution in [3.63, 3.8) is 0 Å². The maximum absolute atomic E-state index is 5.41. The summed E-state index contributed by atoms with van der Waals surface area (Å²) < 4.78 is 0. The Morgan fingerprint density at radius 3 is 2.50 bits per heavy atom. The molecule has 0 aromatic carbocycles. The highest BCUT2D eigenvalue weighted by Crippen LogP contribution is 1.89. The van der Waals surface area contributed by atoms with Crippen molar-refractivity contribution in [2.45, 2.75) is 26.8 Å². The van der Waals surface area contributed by atoms with E-state index in [9.17, 15) is 0 Å². The Hall–Kier alpha value is -0.630. The van der Waals surface area contributed by atoms with Crippen molar-refractivity contribution >= 4 is 6.21 Å². The smallest absolute Gasteiger partial charge is 0.0443 e. The second-order valence-electron chi connectivity index (χ2n) is 2.44. The molecule has 0 aliphatic carbocycles. The number of rotatable bonds is 3. The lowest BCUT2D eigenvalue weighted by Crippen LogP contribution is -2.04. The van der Waals surface area contributed by atoms with E-state index in [-0.39, 0.29) is 0 Å². The van der Waals surface area contributed by atoms with Gasteiger partial charge in [0.1, 0.15) is 0 Å². The zero-order valence-electron chi connectivity index (χ0n) is 6.96. The first-order valence-electron chi connectivity index (χ1n) is 3.59. The van der Waals surface area contributed by atoms with Gasteiger partial charge in [0.05, 0.1) is 0 Å². The third kappa shape index (κ3) is 4.27. The number of allylic oxidation sites excluding steroid dienone is 1. The van der Waals surface area contributed by atoms with E-state index in [1.807, 2.05) is 33.1 Å². The first-order chi connectivity index (χ1) is 4.70. The molecule has 2 nitrogen and oxygen atoms in total. The van der Waals surface area contributed by atoms with Crippen molar-refractivity contribution in [2.75, 3.05) is 6.54 Å². The fourth-order valence-corrected chi connectivity index (χ4v) is 0.490. The lowest BCUT2D eigenvalue weighted by atomic mass is 10.3. The van der Waals surface area contributed by atoms with Crippen LogP contribution >= 0.6 is 0 Å². The van der Waals surface area contributed by atoms with Crippen LogP contribution in [0, 0.1) is 0 Å². The molecule has 2 heteroatoms. The van der Waals surface area contributed by atoms with Crippen molar-refractivity contribution in [2.24, 2.45) is 10.7 Å². The number of hydrogen-bond acceptors (Lipinski definition) is 2. The quantitative estimate of drug-likeness (QED) is 0.591. The van der Waals surface area contributed by atoms with Crippen LogP contribution in [-0.4, -0.2) is 18.8 Å². The van der Waals surface area contributed by atoms with Crippen LogP contribution < -0.4 is 5.73 Å². The van der Waals surface area contributed by atoms with Crippen LogP contribution in [0.1, 0.15) is 20.8 Å².